The zero-order valence-corrected chi connectivity index (χ0v) is 34.6. The molecule has 56 heavy (non-hydrogen) atoms. The van der Waals surface area contributed by atoms with E-state index in [4.69, 9.17) is 10.5 Å². The highest BCUT2D eigenvalue weighted by molar-refractivity contribution is 6.04. The Kier molecular flexibility index (Phi) is 16.7. The van der Waals surface area contributed by atoms with Crippen LogP contribution < -0.4 is 27.0 Å². The van der Waals surface area contributed by atoms with Crippen molar-refractivity contribution in [3.63, 3.8) is 0 Å². The maximum absolute atomic E-state index is 13.5. The van der Waals surface area contributed by atoms with Crippen molar-refractivity contribution in [2.45, 2.75) is 125 Å². The molecule has 6 N–H and O–H groups in total. The molecule has 0 saturated carbocycles. The van der Waals surface area contributed by atoms with Gasteiger partial charge >= 0.3 is 12.1 Å². The molecule has 1 aromatic rings. The number of likely N-dealkylation sites (tertiary alicyclic amines) is 2. The molecule has 0 aromatic heterocycles. The minimum Gasteiger partial charge on any atom is -0.445 e. The summed E-state index contributed by atoms with van der Waals surface area (Å²) < 4.78 is 5.50. The van der Waals surface area contributed by atoms with Gasteiger partial charge in [-0.25, -0.2) is 9.59 Å². The lowest BCUT2D eigenvalue weighted by atomic mass is 9.73. The molecule has 0 radical (unpaired) electrons. The number of benzene rings is 1. The van der Waals surface area contributed by atoms with E-state index in [-0.39, 0.29) is 78.9 Å². The predicted octanol–water partition coefficient (Wildman–Crippen LogP) is 4.69. The second-order valence-electron chi connectivity index (χ2n) is 17.3. The average Bonchev–Trinajstić information content (AvgIpc) is 3.39. The lowest BCUT2D eigenvalue weighted by Gasteiger charge is -2.46. The molecule has 15 nitrogen and oxygen atoms in total. The van der Waals surface area contributed by atoms with Crippen LogP contribution in [0.4, 0.5) is 15.3 Å². The van der Waals surface area contributed by atoms with Gasteiger partial charge in [0.25, 0.3) is 0 Å². The summed E-state index contributed by atoms with van der Waals surface area (Å²) in [6.07, 6.45) is 3.27. The van der Waals surface area contributed by atoms with Crippen molar-refractivity contribution in [3.05, 3.63) is 29.8 Å². The minimum absolute atomic E-state index is 0.0813. The second kappa shape index (κ2) is 20.5. The molecule has 2 fully saturated rings. The normalized spacial score (nSPS) is 17.3. The molecular formula is C41H65N7O8. The van der Waals surface area contributed by atoms with E-state index in [1.54, 1.807) is 43.0 Å². The summed E-state index contributed by atoms with van der Waals surface area (Å²) in [5.74, 6) is -1.81. The molecule has 3 rings (SSSR count). The molecule has 312 valence electrons. The number of urea groups is 1. The van der Waals surface area contributed by atoms with Crippen LogP contribution in [-0.4, -0.2) is 89.7 Å². The molecule has 2 aliphatic rings. The summed E-state index contributed by atoms with van der Waals surface area (Å²) in [6, 6.07) is 4.22. The number of hydrogen-bond acceptors (Lipinski definition) is 8. The van der Waals surface area contributed by atoms with Crippen molar-refractivity contribution in [1.29, 1.82) is 0 Å². The number of nitrogens with two attached hydrogens (primary N) is 1. The maximum atomic E-state index is 13.5. The summed E-state index contributed by atoms with van der Waals surface area (Å²) in [5.41, 5.74) is 6.28. The number of imide groups is 1. The number of carbonyl (C=O) groups is 7. The van der Waals surface area contributed by atoms with Crippen LogP contribution >= 0.6 is 0 Å². The Bertz CT molecular complexity index is 1550. The second-order valence-corrected chi connectivity index (χ2v) is 17.3. The van der Waals surface area contributed by atoms with Gasteiger partial charge in [-0.05, 0) is 66.0 Å². The van der Waals surface area contributed by atoms with Crippen LogP contribution in [0.3, 0.4) is 0 Å². The lowest BCUT2D eigenvalue weighted by Crippen LogP contribution is -2.55. The third-order valence-corrected chi connectivity index (χ3v) is 11.2. The average molecular weight is 784 g/mol. The predicted molar refractivity (Wildman–Crippen MR) is 213 cm³/mol. The number of unbranched alkanes of at least 4 members (excludes halogenated alkanes) is 2. The monoisotopic (exact) mass is 783 g/mol. The molecule has 3 atom stereocenters. The van der Waals surface area contributed by atoms with E-state index in [1.165, 1.54) is 4.90 Å². The van der Waals surface area contributed by atoms with E-state index in [1.807, 2.05) is 20.8 Å². The Morgan fingerprint density at radius 2 is 1.57 bits per heavy atom. The molecule has 2 aliphatic heterocycles. The molecule has 0 spiro atoms. The highest BCUT2D eigenvalue weighted by atomic mass is 16.6. The molecule has 0 bridgehead atoms. The largest absolute Gasteiger partial charge is 0.445 e. The van der Waals surface area contributed by atoms with Crippen LogP contribution in [0.25, 0.3) is 0 Å². The highest BCUT2D eigenvalue weighted by Gasteiger charge is 2.44. The fourth-order valence-corrected chi connectivity index (χ4v) is 6.72. The SMILES string of the molecule is CCC(C)(C)C1CN(C(=O)OCc2ccc(NC(=O)[C@H](CCCNC(N)=O)NC(=O)[C@@H](NC(=O)CCCCCN3C(=O)CC(C(C)(C)C)C3=O)C(C)C)cc2)C1. The zero-order valence-electron chi connectivity index (χ0n) is 34.6. The van der Waals surface area contributed by atoms with Gasteiger partial charge in [0.05, 0.1) is 5.92 Å². The van der Waals surface area contributed by atoms with Crippen LogP contribution in [-0.2, 0) is 35.3 Å². The molecule has 1 unspecified atom stereocenters. The van der Waals surface area contributed by atoms with Gasteiger partial charge in [-0.1, -0.05) is 80.4 Å². The van der Waals surface area contributed by atoms with E-state index in [0.717, 1.165) is 12.0 Å². The minimum atomic E-state index is -0.997. The molecule has 2 heterocycles. The van der Waals surface area contributed by atoms with Crippen LogP contribution in [0.15, 0.2) is 24.3 Å². The molecule has 8 amide bonds. The van der Waals surface area contributed by atoms with Crippen LogP contribution in [0.1, 0.15) is 112 Å². The number of primary amides is 1. The first kappa shape index (κ1) is 45.7. The van der Waals surface area contributed by atoms with Crippen molar-refractivity contribution in [2.24, 2.45) is 34.3 Å². The summed E-state index contributed by atoms with van der Waals surface area (Å²) in [4.78, 5) is 91.9. The maximum Gasteiger partial charge on any atom is 0.410 e. The van der Waals surface area contributed by atoms with Crippen LogP contribution in [0.2, 0.25) is 0 Å². The van der Waals surface area contributed by atoms with Gasteiger partial charge in [0.15, 0.2) is 0 Å². The number of rotatable bonds is 20. The van der Waals surface area contributed by atoms with Gasteiger partial charge in [-0.15, -0.1) is 0 Å². The Hall–Kier alpha value is -4.69. The number of amides is 8. The van der Waals surface area contributed by atoms with Gasteiger partial charge in [0, 0.05) is 44.7 Å². The number of hydrogen-bond donors (Lipinski definition) is 5. The highest BCUT2D eigenvalue weighted by Crippen LogP contribution is 2.37. The number of nitrogens with zero attached hydrogens (tertiary/aromatic N) is 2. The number of carbonyl (C=O) groups excluding carboxylic acids is 7. The molecule has 1 aromatic carbocycles. The van der Waals surface area contributed by atoms with E-state index in [9.17, 15) is 33.6 Å². The Morgan fingerprint density at radius 3 is 2.14 bits per heavy atom. The standard InChI is InChI=1S/C41H65N7O8/c1-9-41(7,8)28-23-47(24-28)39(55)56-25-27-16-18-29(19-17-27)44-35(51)31(14-13-20-43-38(42)54)45-36(52)34(26(2)3)46-32(49)15-11-10-12-21-48-33(50)22-30(37(48)53)40(4,5)6/h16-19,26,28,30-31,34H,9-15,20-25H2,1-8H3,(H,44,51)(H,45,52)(H,46,49)(H3,42,43,54)/t30?,31-,34-/m0/s1. The van der Waals surface area contributed by atoms with Gasteiger partial charge < -0.3 is 36.6 Å². The molecule has 15 heteroatoms. The quantitative estimate of drug-likeness (QED) is 0.0924. The van der Waals surface area contributed by atoms with Crippen molar-refractivity contribution < 1.29 is 38.3 Å². The van der Waals surface area contributed by atoms with Gasteiger partial charge in [0.1, 0.15) is 18.7 Å². The van der Waals surface area contributed by atoms with E-state index >= 15 is 0 Å². The summed E-state index contributed by atoms with van der Waals surface area (Å²) in [6.45, 7) is 18.0. The van der Waals surface area contributed by atoms with E-state index in [0.29, 0.717) is 56.9 Å². The van der Waals surface area contributed by atoms with E-state index < -0.39 is 29.9 Å². The number of ether oxygens (including phenoxy) is 1. The van der Waals surface area contributed by atoms with Gasteiger partial charge in [0.2, 0.25) is 29.5 Å². The first-order valence-electron chi connectivity index (χ1n) is 20.0. The van der Waals surface area contributed by atoms with Gasteiger partial charge in [-0.3, -0.25) is 28.9 Å². The summed E-state index contributed by atoms with van der Waals surface area (Å²) >= 11 is 0. The molecular weight excluding hydrogens is 718 g/mol. The Labute approximate surface area is 331 Å². The van der Waals surface area contributed by atoms with Crippen LogP contribution in [0, 0.1) is 28.6 Å². The first-order chi connectivity index (χ1) is 26.2. The fourth-order valence-electron chi connectivity index (χ4n) is 6.72. The first-order valence-corrected chi connectivity index (χ1v) is 20.0. The molecule has 2 saturated heterocycles. The van der Waals surface area contributed by atoms with E-state index in [2.05, 4.69) is 42.0 Å². The van der Waals surface area contributed by atoms with Gasteiger partial charge in [-0.2, -0.15) is 0 Å². The van der Waals surface area contributed by atoms with Crippen molar-refractivity contribution in [3.8, 4) is 0 Å². The number of anilines is 1. The summed E-state index contributed by atoms with van der Waals surface area (Å²) in [5, 5.41) is 10.9. The number of nitrogens with one attached hydrogen (secondary N) is 4. The van der Waals surface area contributed by atoms with Crippen molar-refractivity contribution in [2.75, 3.05) is 31.5 Å². The fraction of sp³-hybridized carbons (Fsp3) is 0.683. The summed E-state index contributed by atoms with van der Waals surface area (Å²) in [7, 11) is 0. The zero-order chi connectivity index (χ0) is 41.8. The Morgan fingerprint density at radius 1 is 0.911 bits per heavy atom. The topological polar surface area (TPSA) is 209 Å². The Balaban J connectivity index is 1.50. The van der Waals surface area contributed by atoms with Crippen LogP contribution in [0.5, 0.6) is 0 Å². The third-order valence-electron chi connectivity index (χ3n) is 11.2. The smallest absolute Gasteiger partial charge is 0.410 e. The van der Waals surface area contributed by atoms with Crippen molar-refractivity contribution in [1.82, 2.24) is 25.8 Å². The van der Waals surface area contributed by atoms with Crippen molar-refractivity contribution >= 4 is 47.3 Å². The third kappa shape index (κ3) is 13.5. The lowest BCUT2D eigenvalue weighted by molar-refractivity contribution is -0.140. The molecule has 0 aliphatic carbocycles.